The molecule has 0 aliphatic rings. The SMILES string of the molecule is CC(C)(C)NC(=O)N=C=N. The van der Waals surface area contributed by atoms with Gasteiger partial charge in [0.25, 0.3) is 0 Å². The van der Waals surface area contributed by atoms with Crippen LogP contribution in [0.15, 0.2) is 4.99 Å². The Balaban J connectivity index is 3.92. The predicted molar refractivity (Wildman–Crippen MR) is 38.4 cm³/mol. The third-order valence-electron chi connectivity index (χ3n) is 0.639. The van der Waals surface area contributed by atoms with Crippen LogP contribution >= 0.6 is 0 Å². The molecule has 0 heterocycles. The van der Waals surface area contributed by atoms with E-state index in [-0.39, 0.29) is 5.54 Å². The second-order valence-electron chi connectivity index (χ2n) is 2.90. The van der Waals surface area contributed by atoms with Crippen molar-refractivity contribution in [2.45, 2.75) is 26.3 Å². The molecule has 4 heteroatoms. The summed E-state index contributed by atoms with van der Waals surface area (Å²) in [6.07, 6.45) is 0. The Hall–Kier alpha value is -1.15. The summed E-state index contributed by atoms with van der Waals surface area (Å²) in [4.78, 5) is 13.7. The molecule has 0 saturated carbocycles. The Morgan fingerprint density at radius 3 is 2.40 bits per heavy atom. The van der Waals surface area contributed by atoms with E-state index in [0.29, 0.717) is 0 Å². The number of carbonyl (C=O) groups is 1. The molecule has 0 saturated heterocycles. The first-order valence-electron chi connectivity index (χ1n) is 2.90. The van der Waals surface area contributed by atoms with E-state index in [1.807, 2.05) is 20.8 Å². The molecule has 0 aromatic rings. The molecule has 0 aliphatic carbocycles. The van der Waals surface area contributed by atoms with Gasteiger partial charge >= 0.3 is 6.03 Å². The summed E-state index contributed by atoms with van der Waals surface area (Å²) in [7, 11) is 0. The minimum absolute atomic E-state index is 0.294. The number of amides is 2. The largest absolute Gasteiger partial charge is 0.350 e. The van der Waals surface area contributed by atoms with E-state index < -0.39 is 6.03 Å². The van der Waals surface area contributed by atoms with Gasteiger partial charge in [0.1, 0.15) is 0 Å². The maximum Gasteiger partial charge on any atom is 0.350 e. The normalized spacial score (nSPS) is 9.90. The van der Waals surface area contributed by atoms with Crippen molar-refractivity contribution in [1.82, 2.24) is 5.32 Å². The maximum atomic E-state index is 10.6. The zero-order valence-corrected chi connectivity index (χ0v) is 6.36. The minimum atomic E-state index is -0.525. The highest BCUT2D eigenvalue weighted by Gasteiger charge is 2.11. The molecule has 10 heavy (non-hydrogen) atoms. The van der Waals surface area contributed by atoms with Crippen LogP contribution in [0.2, 0.25) is 0 Å². The van der Waals surface area contributed by atoms with Crippen molar-refractivity contribution in [3.63, 3.8) is 0 Å². The quantitative estimate of drug-likeness (QED) is 0.490. The number of nitrogens with zero attached hydrogens (tertiary/aromatic N) is 1. The lowest BCUT2D eigenvalue weighted by atomic mass is 10.1. The van der Waals surface area contributed by atoms with Gasteiger partial charge in [0.2, 0.25) is 0 Å². The fraction of sp³-hybridized carbons (Fsp3) is 0.667. The Morgan fingerprint density at radius 1 is 1.60 bits per heavy atom. The molecule has 4 nitrogen and oxygen atoms in total. The number of carbonyl (C=O) groups excluding carboxylic acids is 1. The zero-order chi connectivity index (χ0) is 8.20. The van der Waals surface area contributed by atoms with Crippen LogP contribution in [0, 0.1) is 5.41 Å². The van der Waals surface area contributed by atoms with E-state index in [1.165, 1.54) is 0 Å². The van der Waals surface area contributed by atoms with Crippen LogP contribution in [0.4, 0.5) is 4.79 Å². The van der Waals surface area contributed by atoms with Crippen molar-refractivity contribution in [2.75, 3.05) is 0 Å². The lowest BCUT2D eigenvalue weighted by Gasteiger charge is -2.17. The fourth-order valence-corrected chi connectivity index (χ4v) is 0.400. The van der Waals surface area contributed by atoms with Crippen molar-refractivity contribution in [2.24, 2.45) is 4.99 Å². The molecule has 0 bridgehead atoms. The topological polar surface area (TPSA) is 65.3 Å². The van der Waals surface area contributed by atoms with Gasteiger partial charge in [-0.3, -0.25) is 0 Å². The van der Waals surface area contributed by atoms with Gasteiger partial charge < -0.3 is 5.32 Å². The first-order valence-corrected chi connectivity index (χ1v) is 2.90. The first-order chi connectivity index (χ1) is 4.45. The average Bonchev–Trinajstić information content (AvgIpc) is 1.59. The standard InChI is InChI=1S/C6H11N3O/c1-6(2,3)9-5(10)8-4-7/h7H,1-3H3,(H,9,10). The molecule has 0 rings (SSSR count). The minimum Gasteiger partial charge on any atom is -0.331 e. The summed E-state index contributed by atoms with van der Waals surface area (Å²) in [5.41, 5.74) is -0.294. The van der Waals surface area contributed by atoms with Gasteiger partial charge in [0.05, 0.1) is 6.01 Å². The van der Waals surface area contributed by atoms with Crippen LogP contribution in [0.3, 0.4) is 0 Å². The van der Waals surface area contributed by atoms with E-state index in [0.717, 1.165) is 0 Å². The van der Waals surface area contributed by atoms with E-state index >= 15 is 0 Å². The van der Waals surface area contributed by atoms with Gasteiger partial charge in [0.15, 0.2) is 0 Å². The van der Waals surface area contributed by atoms with Crippen molar-refractivity contribution < 1.29 is 4.79 Å². The number of aliphatic imine (C=N–C) groups is 1. The summed E-state index contributed by atoms with van der Waals surface area (Å²) < 4.78 is 0. The van der Waals surface area contributed by atoms with Crippen LogP contribution in [0.25, 0.3) is 0 Å². The molecule has 56 valence electrons. The second-order valence-corrected chi connectivity index (χ2v) is 2.90. The number of hydrogen-bond acceptors (Lipinski definition) is 2. The molecule has 2 N–H and O–H groups in total. The van der Waals surface area contributed by atoms with Crippen molar-refractivity contribution in [1.29, 1.82) is 5.41 Å². The Bertz CT molecular complexity index is 174. The molecular formula is C6H11N3O. The Morgan fingerprint density at radius 2 is 2.10 bits per heavy atom. The molecule has 0 aromatic heterocycles. The number of rotatable bonds is 0. The van der Waals surface area contributed by atoms with Crippen molar-refractivity contribution in [3.8, 4) is 0 Å². The summed E-state index contributed by atoms with van der Waals surface area (Å²) >= 11 is 0. The maximum absolute atomic E-state index is 10.6. The molecule has 0 aliphatic heterocycles. The lowest BCUT2D eigenvalue weighted by molar-refractivity contribution is 0.241. The highest BCUT2D eigenvalue weighted by atomic mass is 16.2. The number of nitrogens with one attached hydrogen (secondary N) is 2. The summed E-state index contributed by atoms with van der Waals surface area (Å²) in [5, 5.41) is 8.90. The molecule has 0 fully saturated rings. The van der Waals surface area contributed by atoms with Gasteiger partial charge in [-0.05, 0) is 20.8 Å². The number of hydrogen-bond donors (Lipinski definition) is 2. The Kier molecular flexibility index (Phi) is 2.77. The molecule has 0 atom stereocenters. The van der Waals surface area contributed by atoms with Gasteiger partial charge in [-0.2, -0.15) is 0 Å². The van der Waals surface area contributed by atoms with Gasteiger partial charge in [-0.25, -0.2) is 10.2 Å². The molecule has 0 unspecified atom stereocenters. The summed E-state index contributed by atoms with van der Waals surface area (Å²) in [6.45, 7) is 5.51. The molecule has 0 radical (unpaired) electrons. The van der Waals surface area contributed by atoms with Crippen LogP contribution in [0.5, 0.6) is 0 Å². The average molecular weight is 141 g/mol. The summed E-state index contributed by atoms with van der Waals surface area (Å²) in [6, 6.07) is 1.13. The molecule has 0 aromatic carbocycles. The van der Waals surface area contributed by atoms with Crippen LogP contribution < -0.4 is 5.32 Å². The first kappa shape index (κ1) is 8.85. The van der Waals surface area contributed by atoms with Crippen molar-refractivity contribution in [3.05, 3.63) is 0 Å². The van der Waals surface area contributed by atoms with Crippen LogP contribution in [0.1, 0.15) is 20.8 Å². The molecular weight excluding hydrogens is 130 g/mol. The van der Waals surface area contributed by atoms with E-state index in [2.05, 4.69) is 10.3 Å². The monoisotopic (exact) mass is 141 g/mol. The summed E-state index contributed by atoms with van der Waals surface area (Å²) in [5.74, 6) is 0. The smallest absolute Gasteiger partial charge is 0.331 e. The third-order valence-corrected chi connectivity index (χ3v) is 0.639. The number of urea groups is 1. The lowest BCUT2D eigenvalue weighted by Crippen LogP contribution is -2.38. The molecule has 2 amide bonds. The molecule has 0 spiro atoms. The van der Waals surface area contributed by atoms with Gasteiger partial charge in [-0.15, -0.1) is 4.99 Å². The van der Waals surface area contributed by atoms with Gasteiger partial charge in [-0.1, -0.05) is 0 Å². The van der Waals surface area contributed by atoms with Crippen LogP contribution in [-0.2, 0) is 0 Å². The fourth-order valence-electron chi connectivity index (χ4n) is 0.400. The zero-order valence-electron chi connectivity index (χ0n) is 6.36. The highest BCUT2D eigenvalue weighted by molar-refractivity contribution is 5.80. The second kappa shape index (κ2) is 3.13. The van der Waals surface area contributed by atoms with Crippen molar-refractivity contribution >= 4 is 12.0 Å². The van der Waals surface area contributed by atoms with E-state index in [9.17, 15) is 4.79 Å². The van der Waals surface area contributed by atoms with Gasteiger partial charge in [0, 0.05) is 5.54 Å². The van der Waals surface area contributed by atoms with Crippen LogP contribution in [-0.4, -0.2) is 17.6 Å². The Labute approximate surface area is 59.9 Å². The highest BCUT2D eigenvalue weighted by Crippen LogP contribution is 1.97. The van der Waals surface area contributed by atoms with E-state index in [1.54, 1.807) is 6.01 Å². The predicted octanol–water partition coefficient (Wildman–Crippen LogP) is 1.25. The third kappa shape index (κ3) is 5.00. The van der Waals surface area contributed by atoms with E-state index in [4.69, 9.17) is 5.41 Å².